The van der Waals surface area contributed by atoms with E-state index in [-0.39, 0.29) is 4.90 Å². The number of sulfonamides is 1. The standard InChI is InChI=1S/C17H17N2O2S2/c1-12-10-14(17-4-3-9-22-17)11-13(2)19(12)15-5-7-16(8-6-15)23(18,20)21/h3-11H,1-2H3,(H2,18,20,21)/q+1. The largest absolute Gasteiger partial charge is 0.238 e. The van der Waals surface area contributed by atoms with Crippen LogP contribution in [0.1, 0.15) is 11.4 Å². The fourth-order valence-corrected chi connectivity index (χ4v) is 3.91. The number of primary sulfonamides is 1. The van der Waals surface area contributed by atoms with Crippen LogP contribution in [0.5, 0.6) is 0 Å². The number of pyridine rings is 1. The summed E-state index contributed by atoms with van der Waals surface area (Å²) in [6.07, 6.45) is 0. The molecule has 0 aliphatic carbocycles. The molecular weight excluding hydrogens is 328 g/mol. The molecule has 2 aromatic heterocycles. The van der Waals surface area contributed by atoms with Gasteiger partial charge in [-0.05, 0) is 23.6 Å². The molecule has 4 nitrogen and oxygen atoms in total. The van der Waals surface area contributed by atoms with Crippen LogP contribution in [0.3, 0.4) is 0 Å². The highest BCUT2D eigenvalue weighted by Gasteiger charge is 2.18. The van der Waals surface area contributed by atoms with E-state index in [0.717, 1.165) is 17.1 Å². The number of rotatable bonds is 3. The van der Waals surface area contributed by atoms with Crippen LogP contribution in [0.4, 0.5) is 0 Å². The topological polar surface area (TPSA) is 64.0 Å². The Hall–Kier alpha value is -2.02. The highest BCUT2D eigenvalue weighted by Crippen LogP contribution is 2.25. The minimum absolute atomic E-state index is 0.118. The molecule has 6 heteroatoms. The zero-order chi connectivity index (χ0) is 16.6. The summed E-state index contributed by atoms with van der Waals surface area (Å²) >= 11 is 1.71. The Morgan fingerprint density at radius 1 is 1.00 bits per heavy atom. The van der Waals surface area contributed by atoms with Crippen molar-refractivity contribution in [1.29, 1.82) is 0 Å². The van der Waals surface area contributed by atoms with Crippen LogP contribution in [-0.4, -0.2) is 8.42 Å². The van der Waals surface area contributed by atoms with Crippen molar-refractivity contribution in [2.24, 2.45) is 5.14 Å². The number of nitrogens with zero attached hydrogens (tertiary/aromatic N) is 1. The van der Waals surface area contributed by atoms with E-state index in [1.54, 1.807) is 23.5 Å². The summed E-state index contributed by atoms with van der Waals surface area (Å²) in [5.41, 5.74) is 4.26. The lowest BCUT2D eigenvalue weighted by atomic mass is 10.1. The molecule has 0 saturated heterocycles. The van der Waals surface area contributed by atoms with Crippen LogP contribution < -0.4 is 9.71 Å². The maximum atomic E-state index is 11.4. The number of hydrogen-bond donors (Lipinski definition) is 1. The average molecular weight is 345 g/mol. The third kappa shape index (κ3) is 3.19. The Balaban J connectivity index is 2.07. The van der Waals surface area contributed by atoms with Crippen LogP contribution >= 0.6 is 11.3 Å². The molecule has 0 fully saturated rings. The molecule has 0 aliphatic rings. The first kappa shape index (κ1) is 15.9. The van der Waals surface area contributed by atoms with Gasteiger partial charge in [0, 0.05) is 48.6 Å². The van der Waals surface area contributed by atoms with Gasteiger partial charge in [-0.3, -0.25) is 0 Å². The predicted octanol–water partition coefficient (Wildman–Crippen LogP) is 2.96. The summed E-state index contributed by atoms with van der Waals surface area (Å²) < 4.78 is 24.8. The summed E-state index contributed by atoms with van der Waals surface area (Å²) in [4.78, 5) is 1.35. The second-order valence-electron chi connectivity index (χ2n) is 5.38. The normalized spacial score (nSPS) is 11.6. The third-order valence-electron chi connectivity index (χ3n) is 3.66. The number of benzene rings is 1. The molecule has 0 aliphatic heterocycles. The number of thiophene rings is 1. The third-order valence-corrected chi connectivity index (χ3v) is 5.51. The second-order valence-corrected chi connectivity index (χ2v) is 7.89. The summed E-state index contributed by atoms with van der Waals surface area (Å²) in [6.45, 7) is 4.08. The Kier molecular flexibility index (Phi) is 4.06. The number of nitrogens with two attached hydrogens (primary N) is 1. The lowest BCUT2D eigenvalue weighted by Gasteiger charge is -2.06. The zero-order valence-corrected chi connectivity index (χ0v) is 14.5. The van der Waals surface area contributed by atoms with Crippen LogP contribution in [0, 0.1) is 13.8 Å². The molecule has 3 aromatic rings. The van der Waals surface area contributed by atoms with E-state index >= 15 is 0 Å². The van der Waals surface area contributed by atoms with Gasteiger partial charge in [-0.25, -0.2) is 13.6 Å². The number of hydrogen-bond acceptors (Lipinski definition) is 3. The lowest BCUT2D eigenvalue weighted by molar-refractivity contribution is -0.609. The van der Waals surface area contributed by atoms with Crippen molar-refractivity contribution < 1.29 is 13.0 Å². The Labute approximate surface area is 139 Å². The summed E-state index contributed by atoms with van der Waals surface area (Å²) in [6, 6.07) is 15.0. The fourth-order valence-electron chi connectivity index (χ4n) is 2.68. The smallest absolute Gasteiger partial charge is 0.225 e. The van der Waals surface area contributed by atoms with Crippen molar-refractivity contribution >= 4 is 21.4 Å². The van der Waals surface area contributed by atoms with E-state index < -0.39 is 10.0 Å². The van der Waals surface area contributed by atoms with Gasteiger partial charge in [-0.2, -0.15) is 4.57 Å². The van der Waals surface area contributed by atoms with Crippen LogP contribution in [-0.2, 0) is 10.0 Å². The van der Waals surface area contributed by atoms with E-state index in [9.17, 15) is 8.42 Å². The summed E-state index contributed by atoms with van der Waals surface area (Å²) in [5.74, 6) is 0. The highest BCUT2D eigenvalue weighted by molar-refractivity contribution is 7.89. The molecule has 2 heterocycles. The molecule has 118 valence electrons. The van der Waals surface area contributed by atoms with Crippen molar-refractivity contribution in [3.8, 4) is 16.1 Å². The van der Waals surface area contributed by atoms with E-state index in [0.29, 0.717) is 0 Å². The minimum Gasteiger partial charge on any atom is -0.225 e. The summed E-state index contributed by atoms with van der Waals surface area (Å²) in [7, 11) is -3.67. The maximum Gasteiger partial charge on any atom is 0.238 e. The predicted molar refractivity (Wildman–Crippen MR) is 92.1 cm³/mol. The van der Waals surface area contributed by atoms with Gasteiger partial charge in [-0.15, -0.1) is 11.3 Å². The molecule has 0 atom stereocenters. The molecule has 0 spiro atoms. The SMILES string of the molecule is Cc1cc(-c2cccs2)cc(C)[n+]1-c1ccc(S(N)(=O)=O)cc1. The van der Waals surface area contributed by atoms with E-state index in [1.807, 2.05) is 19.9 Å². The maximum absolute atomic E-state index is 11.4. The Bertz CT molecular complexity index is 922. The molecule has 0 bridgehead atoms. The van der Waals surface area contributed by atoms with Gasteiger partial charge in [-0.1, -0.05) is 6.07 Å². The van der Waals surface area contributed by atoms with Gasteiger partial charge in [0.1, 0.15) is 0 Å². The van der Waals surface area contributed by atoms with Crippen LogP contribution in [0.2, 0.25) is 0 Å². The van der Waals surface area contributed by atoms with Gasteiger partial charge < -0.3 is 0 Å². The molecular formula is C17H17N2O2S2+. The molecule has 1 aromatic carbocycles. The average Bonchev–Trinajstić information content (AvgIpc) is 3.00. The van der Waals surface area contributed by atoms with Crippen LogP contribution in [0.15, 0.2) is 58.8 Å². The van der Waals surface area contributed by atoms with Gasteiger partial charge >= 0.3 is 0 Å². The zero-order valence-electron chi connectivity index (χ0n) is 12.9. The van der Waals surface area contributed by atoms with E-state index in [4.69, 9.17) is 5.14 Å². The van der Waals surface area contributed by atoms with Gasteiger partial charge in [0.15, 0.2) is 11.4 Å². The first-order valence-electron chi connectivity index (χ1n) is 7.07. The molecule has 0 unspecified atom stereocenters. The Morgan fingerprint density at radius 3 is 2.09 bits per heavy atom. The minimum atomic E-state index is -3.67. The number of aryl methyl sites for hydroxylation is 2. The lowest BCUT2D eigenvalue weighted by Crippen LogP contribution is -2.37. The van der Waals surface area contributed by atoms with Crippen molar-refractivity contribution in [2.75, 3.05) is 0 Å². The molecule has 3 rings (SSSR count). The Morgan fingerprint density at radius 2 is 1.61 bits per heavy atom. The van der Waals surface area contributed by atoms with Gasteiger partial charge in [0.25, 0.3) is 0 Å². The quantitative estimate of drug-likeness (QED) is 0.742. The second kappa shape index (κ2) is 5.88. The molecule has 0 radical (unpaired) electrons. The van der Waals surface area contributed by atoms with Crippen molar-refractivity contribution in [2.45, 2.75) is 18.7 Å². The van der Waals surface area contributed by atoms with Crippen molar-refractivity contribution in [1.82, 2.24) is 0 Å². The van der Waals surface area contributed by atoms with E-state index in [2.05, 4.69) is 28.1 Å². The fraction of sp³-hybridized carbons (Fsp3) is 0.118. The highest BCUT2D eigenvalue weighted by atomic mass is 32.2. The first-order valence-corrected chi connectivity index (χ1v) is 9.49. The summed E-state index contributed by atoms with van der Waals surface area (Å²) in [5, 5.41) is 7.21. The molecule has 0 amide bonds. The molecule has 0 saturated carbocycles. The first-order chi connectivity index (χ1) is 10.9. The van der Waals surface area contributed by atoms with E-state index in [1.165, 1.54) is 22.6 Å². The van der Waals surface area contributed by atoms with Crippen LogP contribution in [0.25, 0.3) is 16.1 Å². The molecule has 2 N–H and O–H groups in total. The monoisotopic (exact) mass is 345 g/mol. The van der Waals surface area contributed by atoms with Crippen molar-refractivity contribution in [3.05, 3.63) is 65.3 Å². The molecule has 23 heavy (non-hydrogen) atoms. The van der Waals surface area contributed by atoms with Crippen molar-refractivity contribution in [3.63, 3.8) is 0 Å². The van der Waals surface area contributed by atoms with Gasteiger partial charge in [0.2, 0.25) is 15.7 Å². The van der Waals surface area contributed by atoms with Gasteiger partial charge in [0.05, 0.1) is 4.90 Å². The number of aromatic nitrogens is 1.